The monoisotopic (exact) mass is 213 g/mol. The summed E-state index contributed by atoms with van der Waals surface area (Å²) in [5.41, 5.74) is 2.00. The predicted octanol–water partition coefficient (Wildman–Crippen LogP) is 2.94. The lowest BCUT2D eigenvalue weighted by molar-refractivity contribution is -0.117. The van der Waals surface area contributed by atoms with E-state index in [4.69, 9.17) is 0 Å². The summed E-state index contributed by atoms with van der Waals surface area (Å²) in [6.07, 6.45) is 6.93. The summed E-state index contributed by atoms with van der Waals surface area (Å²) in [4.78, 5) is 16.0. The minimum absolute atomic E-state index is 0.233. The van der Waals surface area contributed by atoms with E-state index in [1.165, 1.54) is 0 Å². The molecule has 1 aromatic rings. The van der Waals surface area contributed by atoms with Gasteiger partial charge < -0.3 is 0 Å². The van der Waals surface area contributed by atoms with E-state index in [2.05, 4.69) is 11.1 Å². The second kappa shape index (κ2) is 5.40. The van der Waals surface area contributed by atoms with Gasteiger partial charge >= 0.3 is 0 Å². The van der Waals surface area contributed by atoms with Crippen molar-refractivity contribution >= 4 is 12.0 Å². The maximum atomic E-state index is 11.8. The molecule has 0 amide bonds. The first-order valence-corrected chi connectivity index (χ1v) is 5.62. The highest BCUT2D eigenvalue weighted by molar-refractivity contribution is 5.83. The minimum Gasteiger partial charge on any atom is -0.299 e. The molecular weight excluding hydrogens is 198 g/mol. The molecule has 0 bridgehead atoms. The van der Waals surface area contributed by atoms with Gasteiger partial charge in [-0.1, -0.05) is 36.4 Å². The molecule has 0 radical (unpaired) electrons. The van der Waals surface area contributed by atoms with Crippen LogP contribution >= 0.6 is 0 Å². The molecular formula is C14H15NO. The van der Waals surface area contributed by atoms with Crippen LogP contribution < -0.4 is 0 Å². The molecule has 2 heteroatoms. The van der Waals surface area contributed by atoms with Gasteiger partial charge in [0.25, 0.3) is 0 Å². The number of ketones is 1. The van der Waals surface area contributed by atoms with Gasteiger partial charge in [-0.25, -0.2) is 0 Å². The van der Waals surface area contributed by atoms with Gasteiger partial charge in [0.1, 0.15) is 5.78 Å². The first kappa shape index (κ1) is 10.8. The first-order chi connectivity index (χ1) is 7.84. The number of aliphatic imine (C=N–C) groups is 1. The maximum Gasteiger partial charge on any atom is 0.143 e. The Morgan fingerprint density at radius 1 is 1.12 bits per heavy atom. The van der Waals surface area contributed by atoms with Crippen molar-refractivity contribution in [2.24, 2.45) is 4.99 Å². The lowest BCUT2D eigenvalue weighted by Gasteiger charge is -2.05. The third-order valence-electron chi connectivity index (χ3n) is 2.56. The van der Waals surface area contributed by atoms with Crippen molar-refractivity contribution in [2.45, 2.75) is 25.7 Å². The van der Waals surface area contributed by atoms with E-state index in [9.17, 15) is 4.79 Å². The number of nitrogens with zero attached hydrogens (tertiary/aromatic N) is 1. The molecule has 82 valence electrons. The van der Waals surface area contributed by atoms with Crippen LogP contribution in [0, 0.1) is 0 Å². The van der Waals surface area contributed by atoms with Crippen LogP contribution in [-0.2, 0) is 11.2 Å². The van der Waals surface area contributed by atoms with Crippen molar-refractivity contribution in [2.75, 3.05) is 0 Å². The van der Waals surface area contributed by atoms with Gasteiger partial charge in [-0.15, -0.1) is 0 Å². The van der Waals surface area contributed by atoms with Crippen LogP contribution in [0.15, 0.2) is 47.1 Å². The number of benzene rings is 1. The molecule has 1 aliphatic rings. The molecule has 0 unspecified atom stereocenters. The SMILES string of the molecule is O=C(CC1=CCCC=N1)Cc1ccccc1. The fourth-order valence-electron chi connectivity index (χ4n) is 1.76. The molecule has 1 aliphatic heterocycles. The average molecular weight is 213 g/mol. The molecule has 0 aromatic heterocycles. The van der Waals surface area contributed by atoms with Gasteiger partial charge in [-0.2, -0.15) is 0 Å². The highest BCUT2D eigenvalue weighted by Gasteiger charge is 2.07. The van der Waals surface area contributed by atoms with Crippen molar-refractivity contribution in [1.82, 2.24) is 0 Å². The molecule has 0 atom stereocenters. The molecule has 0 N–H and O–H groups in total. The highest BCUT2D eigenvalue weighted by atomic mass is 16.1. The first-order valence-electron chi connectivity index (χ1n) is 5.62. The van der Waals surface area contributed by atoms with Crippen molar-refractivity contribution in [3.05, 3.63) is 47.7 Å². The standard InChI is InChI=1S/C14H15NO/c16-14(10-12-6-2-1-3-7-12)11-13-8-4-5-9-15-13/h1-3,6-9H,4-5,10-11H2. The molecule has 2 nitrogen and oxygen atoms in total. The van der Waals surface area contributed by atoms with Crippen LogP contribution in [0.1, 0.15) is 24.8 Å². The van der Waals surface area contributed by atoms with E-state index in [1.54, 1.807) is 0 Å². The summed E-state index contributed by atoms with van der Waals surface area (Å²) in [5.74, 6) is 0.233. The van der Waals surface area contributed by atoms with Crippen molar-refractivity contribution in [3.8, 4) is 0 Å². The summed E-state index contributed by atoms with van der Waals surface area (Å²) < 4.78 is 0. The zero-order chi connectivity index (χ0) is 11.2. The maximum absolute atomic E-state index is 11.8. The van der Waals surface area contributed by atoms with E-state index in [0.29, 0.717) is 12.8 Å². The third-order valence-corrected chi connectivity index (χ3v) is 2.56. The fraction of sp³-hybridized carbons (Fsp3) is 0.286. The van der Waals surface area contributed by atoms with Gasteiger partial charge in [0.2, 0.25) is 0 Å². The molecule has 1 aromatic carbocycles. The summed E-state index contributed by atoms with van der Waals surface area (Å²) in [6, 6.07) is 9.84. The van der Waals surface area contributed by atoms with Gasteiger partial charge in [0.15, 0.2) is 0 Å². The number of carbonyl (C=O) groups excluding carboxylic acids is 1. The lowest BCUT2D eigenvalue weighted by Crippen LogP contribution is -2.04. The number of rotatable bonds is 4. The highest BCUT2D eigenvalue weighted by Crippen LogP contribution is 2.12. The van der Waals surface area contributed by atoms with E-state index in [1.807, 2.05) is 36.5 Å². The molecule has 0 saturated carbocycles. The largest absolute Gasteiger partial charge is 0.299 e. The Hall–Kier alpha value is -1.70. The number of hydrogen-bond donors (Lipinski definition) is 0. The van der Waals surface area contributed by atoms with E-state index in [0.717, 1.165) is 24.1 Å². The van der Waals surface area contributed by atoms with E-state index >= 15 is 0 Å². The summed E-state index contributed by atoms with van der Waals surface area (Å²) in [6.45, 7) is 0. The number of hydrogen-bond acceptors (Lipinski definition) is 2. The minimum atomic E-state index is 0.233. The molecule has 1 heterocycles. The Morgan fingerprint density at radius 3 is 2.62 bits per heavy atom. The van der Waals surface area contributed by atoms with Gasteiger partial charge in [-0.3, -0.25) is 9.79 Å². The van der Waals surface area contributed by atoms with E-state index < -0.39 is 0 Å². The van der Waals surface area contributed by atoms with Crippen LogP contribution in [-0.4, -0.2) is 12.0 Å². The van der Waals surface area contributed by atoms with Crippen LogP contribution in [0.3, 0.4) is 0 Å². The molecule has 0 spiro atoms. The second-order valence-electron chi connectivity index (χ2n) is 3.96. The molecule has 0 aliphatic carbocycles. The topological polar surface area (TPSA) is 29.4 Å². The third kappa shape index (κ3) is 3.16. The van der Waals surface area contributed by atoms with E-state index in [-0.39, 0.29) is 5.78 Å². The van der Waals surface area contributed by atoms with Gasteiger partial charge in [0.05, 0.1) is 0 Å². The predicted molar refractivity (Wildman–Crippen MR) is 65.6 cm³/mol. The summed E-state index contributed by atoms with van der Waals surface area (Å²) in [5, 5.41) is 0. The number of Topliss-reactive ketones (excluding diaryl/α,β-unsaturated/α-hetero) is 1. The molecule has 0 fully saturated rings. The lowest BCUT2D eigenvalue weighted by atomic mass is 10.0. The van der Waals surface area contributed by atoms with Crippen LogP contribution in [0.4, 0.5) is 0 Å². The Balaban J connectivity index is 1.89. The Kier molecular flexibility index (Phi) is 3.65. The normalized spacial score (nSPS) is 14.6. The average Bonchev–Trinajstić information content (AvgIpc) is 2.31. The molecule has 2 rings (SSSR count). The quantitative estimate of drug-likeness (QED) is 0.756. The fourth-order valence-corrected chi connectivity index (χ4v) is 1.76. The Labute approximate surface area is 95.7 Å². The van der Waals surface area contributed by atoms with Crippen molar-refractivity contribution in [1.29, 1.82) is 0 Å². The van der Waals surface area contributed by atoms with Crippen LogP contribution in [0.2, 0.25) is 0 Å². The zero-order valence-corrected chi connectivity index (χ0v) is 9.23. The summed E-state index contributed by atoms with van der Waals surface area (Å²) >= 11 is 0. The number of carbonyl (C=O) groups is 1. The van der Waals surface area contributed by atoms with Gasteiger partial charge in [0, 0.05) is 24.8 Å². The molecule has 0 saturated heterocycles. The van der Waals surface area contributed by atoms with Crippen LogP contribution in [0.5, 0.6) is 0 Å². The summed E-state index contributed by atoms with van der Waals surface area (Å²) in [7, 11) is 0. The second-order valence-corrected chi connectivity index (χ2v) is 3.96. The van der Waals surface area contributed by atoms with Crippen molar-refractivity contribution in [3.63, 3.8) is 0 Å². The molecule has 16 heavy (non-hydrogen) atoms. The zero-order valence-electron chi connectivity index (χ0n) is 9.23. The Morgan fingerprint density at radius 2 is 1.94 bits per heavy atom. The van der Waals surface area contributed by atoms with Gasteiger partial charge in [-0.05, 0) is 18.4 Å². The van der Waals surface area contributed by atoms with Crippen LogP contribution in [0.25, 0.3) is 0 Å². The number of allylic oxidation sites excluding steroid dienone is 2. The smallest absolute Gasteiger partial charge is 0.143 e. The Bertz CT molecular complexity index is 418. The van der Waals surface area contributed by atoms with Crippen molar-refractivity contribution < 1.29 is 4.79 Å².